The number of halogens is 2. The van der Waals surface area contributed by atoms with Crippen molar-refractivity contribution in [3.05, 3.63) is 46.7 Å². The van der Waals surface area contributed by atoms with Gasteiger partial charge in [0, 0.05) is 16.3 Å². The molecular formula is C17H19ClFNO2Si. The van der Waals surface area contributed by atoms with Crippen LogP contribution in [-0.4, -0.2) is 21.2 Å². The highest BCUT2D eigenvalue weighted by Crippen LogP contribution is 2.34. The molecule has 3 nitrogen and oxygen atoms in total. The summed E-state index contributed by atoms with van der Waals surface area (Å²) in [5.41, 5.74) is 8.02. The second kappa shape index (κ2) is 6.33. The monoisotopic (exact) mass is 351 g/mol. The molecule has 2 rings (SSSR count). The Bertz CT molecular complexity index is 772. The van der Waals surface area contributed by atoms with E-state index in [1.807, 2.05) is 0 Å². The van der Waals surface area contributed by atoms with Crippen molar-refractivity contribution in [2.75, 3.05) is 12.8 Å². The summed E-state index contributed by atoms with van der Waals surface area (Å²) in [7, 11) is -0.585. The van der Waals surface area contributed by atoms with Crippen molar-refractivity contribution in [3.8, 4) is 11.1 Å². The maximum Gasteiger partial charge on any atom is 0.338 e. The molecule has 2 N–H and O–H groups in total. The van der Waals surface area contributed by atoms with Crippen LogP contribution in [0.3, 0.4) is 0 Å². The van der Waals surface area contributed by atoms with Gasteiger partial charge in [0.2, 0.25) is 0 Å². The summed E-state index contributed by atoms with van der Waals surface area (Å²) < 4.78 is 18.5. The van der Waals surface area contributed by atoms with Gasteiger partial charge >= 0.3 is 5.97 Å². The molecule has 122 valence electrons. The summed E-state index contributed by atoms with van der Waals surface area (Å²) in [6.45, 7) is 6.33. The van der Waals surface area contributed by atoms with Gasteiger partial charge < -0.3 is 10.5 Å². The standard InChI is InChI=1S/C17H19ClFNO2Si/c1-22-17(21)12-9-13(18)16(23(2,3)4)15(20)14(12)10-6-5-7-11(19)8-10/h5-9H,20H2,1-4H3. The van der Waals surface area contributed by atoms with Crippen molar-refractivity contribution in [2.24, 2.45) is 0 Å². The van der Waals surface area contributed by atoms with E-state index in [9.17, 15) is 9.18 Å². The number of ether oxygens (including phenoxy) is 1. The number of hydrogen-bond donors (Lipinski definition) is 1. The van der Waals surface area contributed by atoms with E-state index >= 15 is 0 Å². The molecule has 0 aliphatic heterocycles. The number of rotatable bonds is 3. The smallest absolute Gasteiger partial charge is 0.338 e. The van der Waals surface area contributed by atoms with Gasteiger partial charge in [0.25, 0.3) is 0 Å². The van der Waals surface area contributed by atoms with Gasteiger partial charge in [-0.25, -0.2) is 9.18 Å². The van der Waals surface area contributed by atoms with Crippen molar-refractivity contribution in [1.82, 2.24) is 0 Å². The van der Waals surface area contributed by atoms with Crippen LogP contribution < -0.4 is 10.9 Å². The van der Waals surface area contributed by atoms with Crippen LogP contribution in [0.25, 0.3) is 11.1 Å². The molecule has 0 fully saturated rings. The average Bonchev–Trinajstić information content (AvgIpc) is 2.44. The summed E-state index contributed by atoms with van der Waals surface area (Å²) in [5.74, 6) is -0.956. The zero-order valence-electron chi connectivity index (χ0n) is 13.5. The van der Waals surface area contributed by atoms with Crippen LogP contribution in [0.5, 0.6) is 0 Å². The average molecular weight is 352 g/mol. The minimum absolute atomic E-state index is 0.239. The number of methoxy groups -OCH3 is 1. The van der Waals surface area contributed by atoms with Crippen molar-refractivity contribution in [2.45, 2.75) is 19.6 Å². The summed E-state index contributed by atoms with van der Waals surface area (Å²) in [4.78, 5) is 12.1. The third-order valence-corrected chi connectivity index (χ3v) is 6.08. The predicted octanol–water partition coefficient (Wildman–Crippen LogP) is 4.06. The van der Waals surface area contributed by atoms with Crippen LogP contribution in [0, 0.1) is 5.82 Å². The van der Waals surface area contributed by atoms with E-state index < -0.39 is 19.9 Å². The van der Waals surface area contributed by atoms with Crippen LogP contribution in [-0.2, 0) is 4.74 Å². The molecule has 0 aromatic heterocycles. The molecule has 0 bridgehead atoms. The Balaban J connectivity index is 2.88. The van der Waals surface area contributed by atoms with Crippen molar-refractivity contribution < 1.29 is 13.9 Å². The van der Waals surface area contributed by atoms with E-state index in [4.69, 9.17) is 22.1 Å². The molecule has 0 aliphatic carbocycles. The van der Waals surface area contributed by atoms with E-state index in [0.717, 1.165) is 5.19 Å². The summed E-state index contributed by atoms with van der Waals surface area (Å²) in [6, 6.07) is 7.54. The third kappa shape index (κ3) is 3.40. The first kappa shape index (κ1) is 17.5. The molecule has 23 heavy (non-hydrogen) atoms. The highest BCUT2D eigenvalue weighted by molar-refractivity contribution is 6.91. The fourth-order valence-corrected chi connectivity index (χ4v) is 5.44. The minimum Gasteiger partial charge on any atom is -0.465 e. The van der Waals surface area contributed by atoms with Gasteiger partial charge in [0.1, 0.15) is 5.82 Å². The zero-order chi connectivity index (χ0) is 17.4. The van der Waals surface area contributed by atoms with E-state index in [0.29, 0.717) is 21.8 Å². The molecule has 0 amide bonds. The van der Waals surface area contributed by atoms with Gasteiger partial charge in [-0.1, -0.05) is 43.4 Å². The van der Waals surface area contributed by atoms with E-state index in [-0.39, 0.29) is 5.56 Å². The van der Waals surface area contributed by atoms with Gasteiger partial charge in [-0.3, -0.25) is 0 Å². The molecule has 6 heteroatoms. The fourth-order valence-electron chi connectivity index (χ4n) is 2.66. The molecular weight excluding hydrogens is 333 g/mol. The lowest BCUT2D eigenvalue weighted by atomic mass is 9.97. The van der Waals surface area contributed by atoms with E-state index in [1.54, 1.807) is 18.2 Å². The Morgan fingerprint density at radius 2 is 1.91 bits per heavy atom. The molecule has 0 spiro atoms. The summed E-state index contributed by atoms with van der Waals surface area (Å²) in [6.07, 6.45) is 0. The Hall–Kier alpha value is -1.85. The number of hydrogen-bond acceptors (Lipinski definition) is 3. The molecule has 0 unspecified atom stereocenters. The molecule has 0 saturated carbocycles. The molecule has 0 atom stereocenters. The summed E-state index contributed by atoms with van der Waals surface area (Å²) >= 11 is 6.38. The quantitative estimate of drug-likeness (QED) is 0.515. The Morgan fingerprint density at radius 3 is 2.43 bits per heavy atom. The Labute approximate surface area is 141 Å². The molecule has 0 aliphatic rings. The lowest BCUT2D eigenvalue weighted by molar-refractivity contribution is 0.0601. The number of nitrogens with two attached hydrogens (primary N) is 1. The maximum atomic E-state index is 13.6. The normalized spacial score (nSPS) is 11.4. The molecule has 0 heterocycles. The molecule has 2 aromatic rings. The molecule has 0 saturated heterocycles. The predicted molar refractivity (Wildman–Crippen MR) is 95.6 cm³/mol. The first-order valence-electron chi connectivity index (χ1n) is 7.13. The number of carbonyl (C=O) groups is 1. The highest BCUT2D eigenvalue weighted by Gasteiger charge is 2.28. The van der Waals surface area contributed by atoms with Gasteiger partial charge in [0.15, 0.2) is 0 Å². The SMILES string of the molecule is COC(=O)c1cc(Cl)c([Si](C)(C)C)c(N)c1-c1cccc(F)c1. The molecule has 0 radical (unpaired) electrons. The Kier molecular flexibility index (Phi) is 4.82. The largest absolute Gasteiger partial charge is 0.465 e. The van der Waals surface area contributed by atoms with Gasteiger partial charge in [0.05, 0.1) is 20.7 Å². The second-order valence-corrected chi connectivity index (χ2v) is 11.7. The first-order valence-corrected chi connectivity index (χ1v) is 11.0. The number of benzene rings is 2. The third-order valence-electron chi connectivity index (χ3n) is 3.59. The van der Waals surface area contributed by atoms with Crippen LogP contribution in [0.1, 0.15) is 10.4 Å². The van der Waals surface area contributed by atoms with Gasteiger partial charge in [-0.15, -0.1) is 0 Å². The van der Waals surface area contributed by atoms with Gasteiger partial charge in [-0.05, 0) is 28.9 Å². The first-order chi connectivity index (χ1) is 10.7. The minimum atomic E-state index is -1.87. The van der Waals surface area contributed by atoms with Crippen LogP contribution in [0.2, 0.25) is 24.7 Å². The van der Waals surface area contributed by atoms with Crippen molar-refractivity contribution in [3.63, 3.8) is 0 Å². The van der Waals surface area contributed by atoms with Gasteiger partial charge in [-0.2, -0.15) is 0 Å². The highest BCUT2D eigenvalue weighted by atomic mass is 35.5. The van der Waals surface area contributed by atoms with Crippen LogP contribution in [0.15, 0.2) is 30.3 Å². The topological polar surface area (TPSA) is 52.3 Å². The second-order valence-electron chi connectivity index (χ2n) is 6.32. The van der Waals surface area contributed by atoms with E-state index in [1.165, 1.54) is 19.2 Å². The number of anilines is 1. The number of carbonyl (C=O) groups excluding carboxylic acids is 1. The lowest BCUT2D eigenvalue weighted by Crippen LogP contribution is -2.41. The van der Waals surface area contributed by atoms with Crippen molar-refractivity contribution in [1.29, 1.82) is 0 Å². The van der Waals surface area contributed by atoms with Crippen molar-refractivity contribution >= 4 is 36.5 Å². The molecule has 2 aromatic carbocycles. The number of esters is 1. The van der Waals surface area contributed by atoms with E-state index in [2.05, 4.69) is 19.6 Å². The fraction of sp³-hybridized carbons (Fsp3) is 0.235. The van der Waals surface area contributed by atoms with Crippen LogP contribution in [0.4, 0.5) is 10.1 Å². The summed E-state index contributed by atoms with van der Waals surface area (Å²) in [5, 5.41) is 1.30. The number of nitrogen functional groups attached to an aromatic ring is 1. The maximum absolute atomic E-state index is 13.6. The lowest BCUT2D eigenvalue weighted by Gasteiger charge is -2.24. The zero-order valence-corrected chi connectivity index (χ0v) is 15.3. The Morgan fingerprint density at radius 1 is 1.26 bits per heavy atom. The van der Waals surface area contributed by atoms with Crippen LogP contribution >= 0.6 is 11.6 Å².